The summed E-state index contributed by atoms with van der Waals surface area (Å²) in [5, 5.41) is 11.3. The Morgan fingerprint density at radius 3 is 2.49 bits per heavy atom. The molecule has 1 fully saturated rings. The molecular weight excluding hydrogens is 508 g/mol. The van der Waals surface area contributed by atoms with E-state index < -0.39 is 34.1 Å². The molecule has 0 atom stereocenters. The summed E-state index contributed by atoms with van der Waals surface area (Å²) in [6, 6.07) is 13.5. The number of amides is 1. The van der Waals surface area contributed by atoms with Gasteiger partial charge in [0.2, 0.25) is 5.75 Å². The number of hydrogen-bond acceptors (Lipinski definition) is 6. The minimum Gasteiger partial charge on any atom is -0.450 e. The number of carbonyl (C=O) groups excluding carboxylic acids is 1. The molecule has 3 aromatic carbocycles. The van der Waals surface area contributed by atoms with E-state index in [0.717, 1.165) is 17.8 Å². The van der Waals surface area contributed by atoms with E-state index in [-0.39, 0.29) is 26.4 Å². The lowest BCUT2D eigenvalue weighted by molar-refractivity contribution is -0.385. The number of hydrogen-bond donors (Lipinski definition) is 0. The number of thioether (sulfide) groups is 1. The second kappa shape index (κ2) is 9.47. The van der Waals surface area contributed by atoms with Gasteiger partial charge in [0.25, 0.3) is 5.91 Å². The van der Waals surface area contributed by atoms with Crippen LogP contribution in [0.4, 0.5) is 28.9 Å². The summed E-state index contributed by atoms with van der Waals surface area (Å²) in [5.74, 6) is -1.27. The van der Waals surface area contributed by atoms with E-state index in [4.69, 9.17) is 17.0 Å². The van der Waals surface area contributed by atoms with Gasteiger partial charge in [-0.15, -0.1) is 0 Å². The van der Waals surface area contributed by atoms with Crippen LogP contribution in [0.5, 0.6) is 11.5 Å². The summed E-state index contributed by atoms with van der Waals surface area (Å²) >= 11 is 6.27. The van der Waals surface area contributed by atoms with Crippen molar-refractivity contribution >= 4 is 51.7 Å². The molecule has 1 heterocycles. The van der Waals surface area contributed by atoms with Crippen LogP contribution in [0.2, 0.25) is 0 Å². The fraction of sp³-hybridized carbons (Fsp3) is 0.0435. The lowest BCUT2D eigenvalue weighted by Crippen LogP contribution is -2.27. The predicted molar refractivity (Wildman–Crippen MR) is 127 cm³/mol. The van der Waals surface area contributed by atoms with Gasteiger partial charge >= 0.3 is 11.9 Å². The van der Waals surface area contributed by atoms with Crippen LogP contribution in [0, 0.1) is 15.9 Å². The average molecular weight is 520 g/mol. The van der Waals surface area contributed by atoms with E-state index in [0.29, 0.717) is 17.7 Å². The molecule has 0 saturated carbocycles. The third-order valence-electron chi connectivity index (χ3n) is 4.73. The summed E-state index contributed by atoms with van der Waals surface area (Å²) in [7, 11) is 0. The standard InChI is InChI=1S/C23H12F4N2O4S2/c24-15-4-2-5-16(12-15)28-21(30)20(35-22(28)34)10-13-3-1-6-17(9-13)33-19-8-7-14(23(25,26)27)11-18(19)29(31)32/h1-12H/b20-10-. The van der Waals surface area contributed by atoms with E-state index in [1.807, 2.05) is 0 Å². The molecule has 1 amide bonds. The van der Waals surface area contributed by atoms with Gasteiger partial charge in [0.1, 0.15) is 11.6 Å². The molecule has 0 N–H and O–H groups in total. The maximum Gasteiger partial charge on any atom is 0.416 e. The van der Waals surface area contributed by atoms with Gasteiger partial charge in [0, 0.05) is 6.07 Å². The van der Waals surface area contributed by atoms with Crippen LogP contribution >= 0.6 is 24.0 Å². The predicted octanol–water partition coefficient (Wildman–Crippen LogP) is 6.95. The SMILES string of the molecule is O=C1/C(=C/c2cccc(Oc3ccc(C(F)(F)F)cc3[N+](=O)[O-])c2)SC(=S)N1c1cccc(F)c1. The van der Waals surface area contributed by atoms with Crippen LogP contribution in [-0.4, -0.2) is 15.2 Å². The largest absolute Gasteiger partial charge is 0.450 e. The number of benzene rings is 3. The van der Waals surface area contributed by atoms with E-state index >= 15 is 0 Å². The molecule has 35 heavy (non-hydrogen) atoms. The van der Waals surface area contributed by atoms with Crippen LogP contribution in [0.15, 0.2) is 71.6 Å². The van der Waals surface area contributed by atoms with Gasteiger partial charge in [-0.05, 0) is 54.1 Å². The van der Waals surface area contributed by atoms with Gasteiger partial charge in [-0.2, -0.15) is 13.2 Å². The highest BCUT2D eigenvalue weighted by Crippen LogP contribution is 2.39. The summed E-state index contributed by atoms with van der Waals surface area (Å²) in [6.07, 6.45) is -3.24. The zero-order valence-corrected chi connectivity index (χ0v) is 18.9. The van der Waals surface area contributed by atoms with Crippen molar-refractivity contribution in [2.24, 2.45) is 0 Å². The first kappa shape index (κ1) is 24.4. The molecule has 1 saturated heterocycles. The molecule has 0 bridgehead atoms. The summed E-state index contributed by atoms with van der Waals surface area (Å²) in [4.78, 5) is 24.6. The van der Waals surface area contributed by atoms with Gasteiger partial charge in [-0.25, -0.2) is 4.39 Å². The molecule has 0 radical (unpaired) electrons. The maximum absolute atomic E-state index is 13.6. The number of carbonyl (C=O) groups is 1. The number of rotatable bonds is 5. The van der Waals surface area contributed by atoms with E-state index in [1.165, 1.54) is 41.3 Å². The number of halogens is 4. The van der Waals surface area contributed by atoms with Crippen molar-refractivity contribution in [3.05, 3.63) is 98.7 Å². The Bertz CT molecular complexity index is 1390. The van der Waals surface area contributed by atoms with Crippen LogP contribution in [0.3, 0.4) is 0 Å². The third kappa shape index (κ3) is 5.33. The highest BCUT2D eigenvalue weighted by atomic mass is 32.2. The lowest BCUT2D eigenvalue weighted by atomic mass is 10.1. The Morgan fingerprint density at radius 1 is 1.06 bits per heavy atom. The Morgan fingerprint density at radius 2 is 1.80 bits per heavy atom. The van der Waals surface area contributed by atoms with Gasteiger partial charge < -0.3 is 4.74 Å². The van der Waals surface area contributed by atoms with E-state index in [1.54, 1.807) is 18.2 Å². The van der Waals surface area contributed by atoms with Crippen molar-refractivity contribution < 1.29 is 32.0 Å². The van der Waals surface area contributed by atoms with Crippen molar-refractivity contribution in [3.8, 4) is 11.5 Å². The van der Waals surface area contributed by atoms with Crippen LogP contribution < -0.4 is 9.64 Å². The molecule has 0 aromatic heterocycles. The molecule has 0 spiro atoms. The number of thiocarbonyl (C=S) groups is 1. The van der Waals surface area contributed by atoms with Crippen molar-refractivity contribution in [2.45, 2.75) is 6.18 Å². The molecule has 0 unspecified atom stereocenters. The number of nitro benzene ring substituents is 1. The highest BCUT2D eigenvalue weighted by Gasteiger charge is 2.34. The first-order chi connectivity index (χ1) is 16.5. The first-order valence-electron chi connectivity index (χ1n) is 9.70. The molecule has 4 rings (SSSR count). The Balaban J connectivity index is 1.60. The summed E-state index contributed by atoms with van der Waals surface area (Å²) in [5.41, 5.74) is -1.27. The number of anilines is 1. The van der Waals surface area contributed by atoms with Gasteiger partial charge in [0.05, 0.1) is 21.1 Å². The monoisotopic (exact) mass is 520 g/mol. The van der Waals surface area contributed by atoms with Crippen molar-refractivity contribution in [2.75, 3.05) is 4.90 Å². The second-order valence-electron chi connectivity index (χ2n) is 7.11. The fourth-order valence-electron chi connectivity index (χ4n) is 3.17. The Hall–Kier alpha value is -3.77. The van der Waals surface area contributed by atoms with E-state index in [2.05, 4.69) is 0 Å². The zero-order chi connectivity index (χ0) is 25.3. The second-order valence-corrected chi connectivity index (χ2v) is 8.78. The molecule has 3 aromatic rings. The number of nitro groups is 1. The average Bonchev–Trinajstić information content (AvgIpc) is 3.06. The topological polar surface area (TPSA) is 72.7 Å². The van der Waals surface area contributed by atoms with Gasteiger partial charge in [0.15, 0.2) is 4.32 Å². The summed E-state index contributed by atoms with van der Waals surface area (Å²) in [6.45, 7) is 0. The van der Waals surface area contributed by atoms with E-state index in [9.17, 15) is 32.5 Å². The van der Waals surface area contributed by atoms with Crippen LogP contribution in [0.25, 0.3) is 6.08 Å². The first-order valence-corrected chi connectivity index (χ1v) is 10.9. The van der Waals surface area contributed by atoms with Crippen LogP contribution in [0.1, 0.15) is 11.1 Å². The molecular formula is C23H12F4N2O4S2. The van der Waals surface area contributed by atoms with Gasteiger partial charge in [-0.1, -0.05) is 42.2 Å². The summed E-state index contributed by atoms with van der Waals surface area (Å²) < 4.78 is 58.0. The van der Waals surface area contributed by atoms with Crippen molar-refractivity contribution in [1.82, 2.24) is 0 Å². The highest BCUT2D eigenvalue weighted by molar-refractivity contribution is 8.27. The maximum atomic E-state index is 13.6. The molecule has 6 nitrogen and oxygen atoms in total. The Labute approximate surface area is 205 Å². The smallest absolute Gasteiger partial charge is 0.416 e. The third-order valence-corrected chi connectivity index (χ3v) is 6.03. The number of nitrogens with zero attached hydrogens (tertiary/aromatic N) is 2. The molecule has 178 valence electrons. The Kier molecular flexibility index (Phi) is 6.59. The number of alkyl halides is 3. The van der Waals surface area contributed by atoms with Gasteiger partial charge in [-0.3, -0.25) is 19.8 Å². The molecule has 12 heteroatoms. The van der Waals surface area contributed by atoms with Crippen molar-refractivity contribution in [1.29, 1.82) is 0 Å². The van der Waals surface area contributed by atoms with Crippen LogP contribution in [-0.2, 0) is 11.0 Å². The quantitative estimate of drug-likeness (QED) is 0.119. The molecule has 1 aliphatic heterocycles. The normalized spacial score (nSPS) is 15.1. The minimum absolute atomic E-state index is 0.0993. The molecule has 0 aliphatic carbocycles. The fourth-order valence-corrected chi connectivity index (χ4v) is 4.47. The lowest BCUT2D eigenvalue weighted by Gasteiger charge is -2.14. The number of ether oxygens (including phenoxy) is 1. The van der Waals surface area contributed by atoms with Crippen molar-refractivity contribution in [3.63, 3.8) is 0 Å². The minimum atomic E-state index is -4.75. The molecule has 1 aliphatic rings. The zero-order valence-electron chi connectivity index (χ0n) is 17.3.